The zero-order valence-electron chi connectivity index (χ0n) is 24.3. The lowest BCUT2D eigenvalue weighted by molar-refractivity contribution is -0.112. The van der Waals surface area contributed by atoms with E-state index in [0.29, 0.717) is 60.3 Å². The predicted molar refractivity (Wildman–Crippen MR) is 172 cm³/mol. The number of fused-ring (bicyclic) bond motifs is 4. The van der Waals surface area contributed by atoms with E-state index in [4.69, 9.17) is 26.2 Å². The van der Waals surface area contributed by atoms with E-state index in [1.807, 2.05) is 43.3 Å². The van der Waals surface area contributed by atoms with Gasteiger partial charge in [0.1, 0.15) is 18.1 Å². The van der Waals surface area contributed by atoms with Gasteiger partial charge in [-0.15, -0.1) is 11.6 Å². The third-order valence-electron chi connectivity index (χ3n) is 8.14. The van der Waals surface area contributed by atoms with E-state index < -0.39 is 0 Å². The molecule has 0 unspecified atom stereocenters. The number of aromatic hydroxyl groups is 1. The summed E-state index contributed by atoms with van der Waals surface area (Å²) in [6, 6.07) is 20.1. The molecule has 0 aromatic heterocycles. The number of alkyl halides is 1. The summed E-state index contributed by atoms with van der Waals surface area (Å²) in [5.74, 6) is 0.688. The van der Waals surface area contributed by atoms with Gasteiger partial charge in [0.15, 0.2) is 0 Å². The van der Waals surface area contributed by atoms with Crippen LogP contribution in [0.1, 0.15) is 38.5 Å². The van der Waals surface area contributed by atoms with Gasteiger partial charge in [-0.25, -0.2) is 0 Å². The fourth-order valence-corrected chi connectivity index (χ4v) is 6.27. The van der Waals surface area contributed by atoms with Gasteiger partial charge in [0, 0.05) is 53.0 Å². The van der Waals surface area contributed by atoms with Gasteiger partial charge < -0.3 is 29.9 Å². The molecule has 6 rings (SSSR count). The SMILES string of the molecule is Cc1cccc2c(O)cc3c(c12)[C@H](CCl)CN3C(=O)c1ccc2c(c1)C=C(C(=O)Nc1ccc(OCCOCCO)cc1)C2. The Morgan fingerprint density at radius 1 is 1.05 bits per heavy atom. The second-order valence-electron chi connectivity index (χ2n) is 11.0. The summed E-state index contributed by atoms with van der Waals surface area (Å²) in [5, 5.41) is 24.2. The van der Waals surface area contributed by atoms with E-state index >= 15 is 0 Å². The van der Waals surface area contributed by atoms with Crippen LogP contribution >= 0.6 is 11.6 Å². The number of hydrogen-bond donors (Lipinski definition) is 3. The van der Waals surface area contributed by atoms with Crippen LogP contribution in [0, 0.1) is 6.92 Å². The molecule has 2 amide bonds. The number of ether oxygens (including phenoxy) is 2. The highest BCUT2D eigenvalue weighted by Crippen LogP contribution is 2.46. The minimum Gasteiger partial charge on any atom is -0.507 e. The predicted octanol–water partition coefficient (Wildman–Crippen LogP) is 5.80. The molecule has 0 radical (unpaired) electrons. The number of hydrogen-bond acceptors (Lipinski definition) is 6. The monoisotopic (exact) mass is 612 g/mol. The maximum atomic E-state index is 13.9. The number of nitrogens with one attached hydrogen (secondary N) is 1. The molecule has 3 N–H and O–H groups in total. The summed E-state index contributed by atoms with van der Waals surface area (Å²) < 4.78 is 10.8. The lowest BCUT2D eigenvalue weighted by Gasteiger charge is -2.19. The first kappa shape index (κ1) is 29.7. The smallest absolute Gasteiger partial charge is 0.258 e. The molecule has 0 saturated heterocycles. The number of benzene rings is 4. The van der Waals surface area contributed by atoms with Gasteiger partial charge >= 0.3 is 0 Å². The number of aliphatic hydroxyl groups is 1. The van der Waals surface area contributed by atoms with E-state index in [9.17, 15) is 14.7 Å². The highest BCUT2D eigenvalue weighted by Gasteiger charge is 2.35. The number of halogens is 1. The van der Waals surface area contributed by atoms with E-state index in [2.05, 4.69) is 5.32 Å². The molecule has 1 aliphatic heterocycles. The van der Waals surface area contributed by atoms with Gasteiger partial charge in [-0.3, -0.25) is 9.59 Å². The first-order chi connectivity index (χ1) is 21.4. The molecule has 4 aromatic carbocycles. The first-order valence-corrected chi connectivity index (χ1v) is 15.1. The highest BCUT2D eigenvalue weighted by molar-refractivity contribution is 6.19. The van der Waals surface area contributed by atoms with Crippen LogP contribution in [0.4, 0.5) is 11.4 Å². The van der Waals surface area contributed by atoms with Crippen LogP contribution in [0.25, 0.3) is 16.8 Å². The third kappa shape index (κ3) is 5.76. The number of phenolic OH excluding ortho intramolecular Hbond substituents is 1. The van der Waals surface area contributed by atoms with E-state index in [-0.39, 0.29) is 36.7 Å². The third-order valence-corrected chi connectivity index (χ3v) is 8.51. The van der Waals surface area contributed by atoms with Crippen LogP contribution in [0.15, 0.2) is 72.3 Å². The van der Waals surface area contributed by atoms with Crippen molar-refractivity contribution in [2.24, 2.45) is 0 Å². The maximum absolute atomic E-state index is 13.9. The van der Waals surface area contributed by atoms with Gasteiger partial charge in [-0.2, -0.15) is 0 Å². The lowest BCUT2D eigenvalue weighted by Crippen LogP contribution is -2.30. The Morgan fingerprint density at radius 2 is 1.86 bits per heavy atom. The normalized spacial score (nSPS) is 15.2. The van der Waals surface area contributed by atoms with Crippen LogP contribution < -0.4 is 15.0 Å². The molecule has 226 valence electrons. The average molecular weight is 613 g/mol. The van der Waals surface area contributed by atoms with Crippen LogP contribution in [-0.4, -0.2) is 60.9 Å². The van der Waals surface area contributed by atoms with Gasteiger partial charge in [0.05, 0.1) is 25.5 Å². The first-order valence-electron chi connectivity index (χ1n) is 14.6. The number of amides is 2. The standard InChI is InChI=1S/C35H33ClN2O6/c1-21-3-2-4-29-31(40)18-30-33(32(21)29)26(19-36)20-38(30)35(42)23-6-5-22-15-25(17-24(22)16-23)34(41)37-27-7-9-28(10-8-27)44-14-13-43-12-11-39/h2-10,16-18,26,39-40H,11-15,19-20H2,1H3,(H,37,41)/t26-/m1/s1. The van der Waals surface area contributed by atoms with Crippen molar-refractivity contribution in [3.05, 3.63) is 100 Å². The molecule has 8 nitrogen and oxygen atoms in total. The number of carbonyl (C=O) groups excluding carboxylic acids is 2. The Morgan fingerprint density at radius 3 is 2.64 bits per heavy atom. The summed E-state index contributed by atoms with van der Waals surface area (Å²) >= 11 is 6.40. The zero-order chi connectivity index (χ0) is 30.8. The van der Waals surface area contributed by atoms with Gasteiger partial charge in [0.2, 0.25) is 0 Å². The number of nitrogens with zero attached hydrogens (tertiary/aromatic N) is 1. The maximum Gasteiger partial charge on any atom is 0.258 e. The highest BCUT2D eigenvalue weighted by atomic mass is 35.5. The van der Waals surface area contributed by atoms with Gasteiger partial charge in [-0.1, -0.05) is 24.3 Å². The molecule has 4 aromatic rings. The Kier molecular flexibility index (Phi) is 8.57. The summed E-state index contributed by atoms with van der Waals surface area (Å²) in [6.07, 6.45) is 2.29. The topological polar surface area (TPSA) is 108 Å². The Bertz CT molecular complexity index is 1770. The molecule has 1 aliphatic carbocycles. The Hall–Kier alpha value is -4.37. The largest absolute Gasteiger partial charge is 0.507 e. The number of rotatable bonds is 10. The van der Waals surface area contributed by atoms with Gasteiger partial charge in [-0.05, 0) is 77.0 Å². The minimum absolute atomic E-state index is 0.0259. The van der Waals surface area contributed by atoms with Crippen molar-refractivity contribution < 1.29 is 29.3 Å². The van der Waals surface area contributed by atoms with Gasteiger partial charge in [0.25, 0.3) is 11.8 Å². The summed E-state index contributed by atoms with van der Waals surface area (Å²) in [7, 11) is 0. The molecular formula is C35H33ClN2O6. The molecule has 0 spiro atoms. The molecule has 2 aliphatic rings. The number of phenols is 1. The zero-order valence-corrected chi connectivity index (χ0v) is 25.1. The lowest BCUT2D eigenvalue weighted by atomic mass is 9.92. The molecule has 9 heteroatoms. The molecule has 0 saturated carbocycles. The molecule has 1 atom stereocenters. The summed E-state index contributed by atoms with van der Waals surface area (Å²) in [6.45, 7) is 3.41. The average Bonchev–Trinajstić information content (AvgIpc) is 3.63. The van der Waals surface area contributed by atoms with Crippen molar-refractivity contribution >= 4 is 51.6 Å². The van der Waals surface area contributed by atoms with Crippen LogP contribution in [0.5, 0.6) is 11.5 Å². The van der Waals surface area contributed by atoms with E-state index in [1.54, 1.807) is 41.3 Å². The van der Waals surface area contributed by atoms with Crippen LogP contribution in [-0.2, 0) is 16.0 Å². The van der Waals surface area contributed by atoms with Crippen molar-refractivity contribution in [2.75, 3.05) is 49.1 Å². The number of carbonyl (C=O) groups is 2. The second kappa shape index (κ2) is 12.7. The van der Waals surface area contributed by atoms with Crippen LogP contribution in [0.3, 0.4) is 0 Å². The Labute approximate surface area is 260 Å². The van der Waals surface area contributed by atoms with E-state index in [0.717, 1.165) is 33.0 Å². The van der Waals surface area contributed by atoms with Crippen molar-refractivity contribution in [1.82, 2.24) is 0 Å². The fraction of sp³-hybridized carbons (Fsp3) is 0.257. The number of aliphatic hydroxyl groups excluding tert-OH is 1. The van der Waals surface area contributed by atoms with Crippen molar-refractivity contribution in [3.63, 3.8) is 0 Å². The second-order valence-corrected chi connectivity index (χ2v) is 11.3. The molecule has 0 bridgehead atoms. The van der Waals surface area contributed by atoms with Crippen molar-refractivity contribution in [2.45, 2.75) is 19.3 Å². The molecule has 1 heterocycles. The number of anilines is 2. The van der Waals surface area contributed by atoms with Crippen LogP contribution in [0.2, 0.25) is 0 Å². The molecule has 44 heavy (non-hydrogen) atoms. The summed E-state index contributed by atoms with van der Waals surface area (Å²) in [5.41, 5.74) is 6.25. The van der Waals surface area contributed by atoms with Crippen molar-refractivity contribution in [3.8, 4) is 11.5 Å². The fourth-order valence-electron chi connectivity index (χ4n) is 6.02. The van der Waals surface area contributed by atoms with E-state index in [1.165, 1.54) is 0 Å². The minimum atomic E-state index is -0.212. The molecular weight excluding hydrogens is 580 g/mol. The number of aryl methyl sites for hydroxylation is 1. The summed E-state index contributed by atoms with van der Waals surface area (Å²) in [4.78, 5) is 28.7. The quantitative estimate of drug-likeness (QED) is 0.154. The molecule has 0 fully saturated rings. The Balaban J connectivity index is 1.16. The van der Waals surface area contributed by atoms with Crippen molar-refractivity contribution in [1.29, 1.82) is 0 Å².